The largest absolute Gasteiger partial charge is 0.444 e. The fraction of sp³-hybridized carbons (Fsp3) is 0.900. The van der Waals surface area contributed by atoms with Crippen molar-refractivity contribution in [1.82, 2.24) is 10.2 Å². The molecule has 0 aromatic rings. The summed E-state index contributed by atoms with van der Waals surface area (Å²) < 4.78 is 5.18. The van der Waals surface area contributed by atoms with Crippen LogP contribution in [-0.4, -0.2) is 41.9 Å². The quantitative estimate of drug-likeness (QED) is 0.642. The first-order valence-corrected chi connectivity index (χ1v) is 5.24. The van der Waals surface area contributed by atoms with Gasteiger partial charge in [0.2, 0.25) is 0 Å². The molecular weight excluding hydrogens is 194 g/mol. The number of rotatable bonds is 3. The van der Waals surface area contributed by atoms with Crippen molar-refractivity contribution in [2.75, 3.05) is 13.1 Å². The van der Waals surface area contributed by atoms with Crippen molar-refractivity contribution in [3.8, 4) is 0 Å². The lowest BCUT2D eigenvalue weighted by atomic mass is 9.86. The number of hydrogen-bond acceptors (Lipinski definition) is 5. The maximum absolute atomic E-state index is 10.5. The molecule has 5 heteroatoms. The summed E-state index contributed by atoms with van der Waals surface area (Å²) in [5.41, 5.74) is 4.89. The van der Waals surface area contributed by atoms with E-state index in [0.717, 1.165) is 13.1 Å². The van der Waals surface area contributed by atoms with Crippen molar-refractivity contribution in [2.24, 2.45) is 5.73 Å². The molecular formula is C10H21N3O2. The Morgan fingerprint density at radius 1 is 1.53 bits per heavy atom. The highest BCUT2D eigenvalue weighted by molar-refractivity contribution is 5.39. The molecule has 0 aromatic heterocycles. The minimum Gasteiger partial charge on any atom is -0.444 e. The van der Waals surface area contributed by atoms with Gasteiger partial charge in [0.1, 0.15) is 0 Å². The predicted octanol–water partition coefficient (Wildman–Crippen LogP) is -0.136. The second kappa shape index (κ2) is 4.08. The summed E-state index contributed by atoms with van der Waals surface area (Å²) in [4.78, 5) is 12.7. The van der Waals surface area contributed by atoms with Gasteiger partial charge in [-0.2, -0.15) is 0 Å². The highest BCUT2D eigenvalue weighted by Gasteiger charge is 2.50. The minimum atomic E-state index is -0.694. The van der Waals surface area contributed by atoms with Crippen LogP contribution < -0.4 is 11.1 Å². The van der Waals surface area contributed by atoms with Crippen LogP contribution in [0.4, 0.5) is 0 Å². The summed E-state index contributed by atoms with van der Waals surface area (Å²) in [6.45, 7) is 9.94. The van der Waals surface area contributed by atoms with Crippen LogP contribution in [0.3, 0.4) is 0 Å². The molecule has 0 amide bonds. The Morgan fingerprint density at radius 2 is 2.13 bits per heavy atom. The van der Waals surface area contributed by atoms with E-state index in [0.29, 0.717) is 6.47 Å². The summed E-state index contributed by atoms with van der Waals surface area (Å²) in [5, 5.41) is 3.22. The molecule has 1 fully saturated rings. The third-order valence-corrected chi connectivity index (χ3v) is 3.48. The van der Waals surface area contributed by atoms with Crippen molar-refractivity contribution < 1.29 is 9.53 Å². The normalized spacial score (nSPS) is 33.4. The van der Waals surface area contributed by atoms with Gasteiger partial charge in [0, 0.05) is 13.1 Å². The fourth-order valence-electron chi connectivity index (χ4n) is 2.18. The lowest BCUT2D eigenvalue weighted by molar-refractivity contribution is -0.180. The van der Waals surface area contributed by atoms with E-state index >= 15 is 0 Å². The first-order valence-electron chi connectivity index (χ1n) is 5.24. The minimum absolute atomic E-state index is 0.0586. The van der Waals surface area contributed by atoms with Gasteiger partial charge in [-0.15, -0.1) is 0 Å². The van der Waals surface area contributed by atoms with Crippen molar-refractivity contribution in [3.63, 3.8) is 0 Å². The van der Waals surface area contributed by atoms with Gasteiger partial charge in [0.25, 0.3) is 6.47 Å². The second-order valence-corrected chi connectivity index (χ2v) is 4.67. The lowest BCUT2D eigenvalue weighted by Crippen LogP contribution is -2.74. The molecule has 0 aliphatic carbocycles. The third kappa shape index (κ3) is 2.00. The number of piperazine rings is 1. The Morgan fingerprint density at radius 3 is 2.60 bits per heavy atom. The van der Waals surface area contributed by atoms with Gasteiger partial charge >= 0.3 is 0 Å². The fourth-order valence-corrected chi connectivity index (χ4v) is 2.18. The van der Waals surface area contributed by atoms with Crippen molar-refractivity contribution >= 4 is 6.47 Å². The van der Waals surface area contributed by atoms with E-state index in [1.807, 2.05) is 27.7 Å². The van der Waals surface area contributed by atoms with Crippen molar-refractivity contribution in [2.45, 2.75) is 45.1 Å². The van der Waals surface area contributed by atoms with Crippen LogP contribution in [0.5, 0.6) is 0 Å². The Balaban J connectivity index is 2.95. The Bertz CT molecular complexity index is 243. The molecule has 1 heterocycles. The highest BCUT2D eigenvalue weighted by Crippen LogP contribution is 2.32. The molecule has 2 unspecified atom stereocenters. The van der Waals surface area contributed by atoms with E-state index in [4.69, 9.17) is 10.5 Å². The molecule has 88 valence electrons. The number of nitrogens with one attached hydrogen (secondary N) is 1. The maximum atomic E-state index is 10.5. The van der Waals surface area contributed by atoms with Gasteiger partial charge in [0.15, 0.2) is 5.72 Å². The predicted molar refractivity (Wildman–Crippen MR) is 58.0 cm³/mol. The van der Waals surface area contributed by atoms with Crippen molar-refractivity contribution in [1.29, 1.82) is 0 Å². The number of nitrogens with two attached hydrogens (primary N) is 1. The smallest absolute Gasteiger partial charge is 0.294 e. The summed E-state index contributed by atoms with van der Waals surface area (Å²) in [7, 11) is 0. The molecule has 1 aliphatic rings. The van der Waals surface area contributed by atoms with Gasteiger partial charge in [-0.1, -0.05) is 0 Å². The van der Waals surface area contributed by atoms with Crippen molar-refractivity contribution in [3.05, 3.63) is 0 Å². The third-order valence-electron chi connectivity index (χ3n) is 3.48. The zero-order valence-corrected chi connectivity index (χ0v) is 9.91. The van der Waals surface area contributed by atoms with E-state index in [9.17, 15) is 4.79 Å². The van der Waals surface area contributed by atoms with Crippen LogP contribution in [0, 0.1) is 0 Å². The molecule has 5 nitrogen and oxygen atoms in total. The van der Waals surface area contributed by atoms with Gasteiger partial charge in [0.05, 0.1) is 11.7 Å². The van der Waals surface area contributed by atoms with E-state index < -0.39 is 5.72 Å². The molecule has 0 radical (unpaired) electrons. The van der Waals surface area contributed by atoms with Gasteiger partial charge < -0.3 is 10.5 Å². The summed E-state index contributed by atoms with van der Waals surface area (Å²) >= 11 is 0. The topological polar surface area (TPSA) is 67.6 Å². The van der Waals surface area contributed by atoms with E-state index in [1.54, 1.807) is 0 Å². The second-order valence-electron chi connectivity index (χ2n) is 4.67. The SMILES string of the molecule is CC(N)N1CCNC(C)(OC=O)C1(C)C. The average molecular weight is 215 g/mol. The molecule has 15 heavy (non-hydrogen) atoms. The molecule has 0 aromatic carbocycles. The molecule has 1 aliphatic heterocycles. The molecule has 0 bridgehead atoms. The molecule has 2 atom stereocenters. The van der Waals surface area contributed by atoms with Crippen LogP contribution in [-0.2, 0) is 9.53 Å². The van der Waals surface area contributed by atoms with Crippen LogP contribution in [0.1, 0.15) is 27.7 Å². The Hall–Kier alpha value is -0.650. The maximum Gasteiger partial charge on any atom is 0.294 e. The molecule has 3 N–H and O–H groups in total. The summed E-state index contributed by atoms with van der Waals surface area (Å²) in [6, 6.07) is 0. The number of carbonyl (C=O) groups excluding carboxylic acids is 1. The zero-order valence-electron chi connectivity index (χ0n) is 9.91. The van der Waals surface area contributed by atoms with E-state index in [2.05, 4.69) is 10.2 Å². The van der Waals surface area contributed by atoms with Gasteiger partial charge in [-0.25, -0.2) is 0 Å². The van der Waals surface area contributed by atoms with Crippen LogP contribution in [0.15, 0.2) is 0 Å². The Kier molecular flexibility index (Phi) is 3.38. The standard InChI is InChI=1S/C10H21N3O2/c1-8(11)13-6-5-12-10(4,15-7-14)9(13,2)3/h7-8,12H,5-6,11H2,1-4H3. The molecule has 0 spiro atoms. The molecule has 1 rings (SSSR count). The van der Waals surface area contributed by atoms with E-state index in [1.165, 1.54) is 0 Å². The number of ether oxygens (including phenoxy) is 1. The van der Waals surface area contributed by atoms with Crippen LogP contribution in [0.25, 0.3) is 0 Å². The summed E-state index contributed by atoms with van der Waals surface area (Å²) in [6.07, 6.45) is -0.0586. The first-order chi connectivity index (χ1) is 6.85. The zero-order chi connectivity index (χ0) is 11.7. The first kappa shape index (κ1) is 12.4. The monoisotopic (exact) mass is 215 g/mol. The van der Waals surface area contributed by atoms with Crippen LogP contribution >= 0.6 is 0 Å². The highest BCUT2D eigenvalue weighted by atomic mass is 16.6. The van der Waals surface area contributed by atoms with E-state index in [-0.39, 0.29) is 11.7 Å². The Labute approximate surface area is 90.9 Å². The number of carbonyl (C=O) groups is 1. The molecule has 1 saturated heterocycles. The number of nitrogens with zero attached hydrogens (tertiary/aromatic N) is 1. The van der Waals surface area contributed by atoms with Gasteiger partial charge in [-0.05, 0) is 27.7 Å². The average Bonchev–Trinajstić information content (AvgIpc) is 2.09. The van der Waals surface area contributed by atoms with Gasteiger partial charge in [-0.3, -0.25) is 15.0 Å². The lowest BCUT2D eigenvalue weighted by Gasteiger charge is -2.54. The summed E-state index contributed by atoms with van der Waals surface area (Å²) in [5.74, 6) is 0. The number of hydrogen-bond donors (Lipinski definition) is 2. The van der Waals surface area contributed by atoms with Crippen LogP contribution in [0.2, 0.25) is 0 Å². The molecule has 0 saturated carbocycles.